The molecule has 14 nitrogen and oxygen atoms in total. The van der Waals surface area contributed by atoms with Crippen LogP contribution in [-0.4, -0.2) is 93.2 Å². The Labute approximate surface area is 282 Å². The van der Waals surface area contributed by atoms with Gasteiger partial charge in [0.15, 0.2) is 5.82 Å². The van der Waals surface area contributed by atoms with Gasteiger partial charge in [0.1, 0.15) is 29.7 Å². The summed E-state index contributed by atoms with van der Waals surface area (Å²) >= 11 is 0. The molecule has 0 saturated carbocycles. The van der Waals surface area contributed by atoms with Crippen LogP contribution in [0.4, 0.5) is 15.4 Å². The summed E-state index contributed by atoms with van der Waals surface area (Å²) < 4.78 is 23.7. The fraction of sp³-hybridized carbons (Fsp3) is 0.676. The summed E-state index contributed by atoms with van der Waals surface area (Å²) in [6.45, 7) is 14.8. The average molecular weight is 672 g/mol. The molecular weight excluding hydrogens is 618 g/mol. The van der Waals surface area contributed by atoms with E-state index >= 15 is 0 Å². The van der Waals surface area contributed by atoms with Crippen molar-refractivity contribution in [3.8, 4) is 0 Å². The van der Waals surface area contributed by atoms with Crippen molar-refractivity contribution in [1.29, 1.82) is 0 Å². The van der Waals surface area contributed by atoms with E-state index in [2.05, 4.69) is 25.6 Å². The van der Waals surface area contributed by atoms with Crippen molar-refractivity contribution in [2.75, 3.05) is 19.4 Å². The van der Waals surface area contributed by atoms with E-state index in [4.69, 9.17) is 24.7 Å². The molecule has 2 aromatic rings. The summed E-state index contributed by atoms with van der Waals surface area (Å²) in [5.41, 5.74) is 7.00. The summed E-state index contributed by atoms with van der Waals surface area (Å²) in [6, 6.07) is -1.68. The van der Waals surface area contributed by atoms with Gasteiger partial charge in [-0.2, -0.15) is 0 Å². The number of esters is 1. The number of hydrogen-bond donors (Lipinski definition) is 4. The van der Waals surface area contributed by atoms with Crippen LogP contribution in [-0.2, 0) is 23.7 Å². The molecule has 5 atom stereocenters. The Balaban J connectivity index is 1.57. The van der Waals surface area contributed by atoms with Gasteiger partial charge in [-0.15, -0.1) is 0 Å². The molecule has 3 heterocycles. The molecule has 266 valence electrons. The quantitative estimate of drug-likeness (QED) is 0.199. The van der Waals surface area contributed by atoms with Gasteiger partial charge in [0, 0.05) is 23.8 Å². The van der Waals surface area contributed by atoms with E-state index in [-0.39, 0.29) is 25.2 Å². The summed E-state index contributed by atoms with van der Waals surface area (Å²) in [5, 5.41) is 6.20. The SMILES string of the molecule is CCC(CC)O[C@@H]1C=C(C(=O)OCC2CCC(c3c[nH]c4c(N)ncnc34)N2C(=O)OC(C)(C)C)C[C@H](NC(=O)OC(C)(C)C)C1NC. The Morgan fingerprint density at radius 1 is 1.06 bits per heavy atom. The van der Waals surface area contributed by atoms with Gasteiger partial charge < -0.3 is 40.3 Å². The maximum atomic E-state index is 13.7. The third-order valence-electron chi connectivity index (χ3n) is 8.55. The maximum Gasteiger partial charge on any atom is 0.411 e. The van der Waals surface area contributed by atoms with Crippen molar-refractivity contribution in [1.82, 2.24) is 30.5 Å². The maximum absolute atomic E-state index is 13.7. The lowest BCUT2D eigenvalue weighted by molar-refractivity contribution is -0.141. The van der Waals surface area contributed by atoms with Crippen molar-refractivity contribution in [2.45, 2.75) is 135 Å². The van der Waals surface area contributed by atoms with Crippen LogP contribution in [0.2, 0.25) is 0 Å². The number of likely N-dealkylation sites (N-methyl/N-ethyl adjacent to an activating group) is 1. The van der Waals surface area contributed by atoms with E-state index in [1.807, 2.05) is 13.8 Å². The van der Waals surface area contributed by atoms with Crippen LogP contribution in [0.5, 0.6) is 0 Å². The van der Waals surface area contributed by atoms with Gasteiger partial charge in [-0.3, -0.25) is 4.90 Å². The summed E-state index contributed by atoms with van der Waals surface area (Å²) in [4.78, 5) is 53.5. The number of nitrogens with zero attached hydrogens (tertiary/aromatic N) is 3. The number of ether oxygens (including phenoxy) is 4. The minimum atomic E-state index is -0.741. The van der Waals surface area contributed by atoms with Gasteiger partial charge >= 0.3 is 18.2 Å². The lowest BCUT2D eigenvalue weighted by Gasteiger charge is -2.38. The van der Waals surface area contributed by atoms with Crippen molar-refractivity contribution in [3.05, 3.63) is 29.7 Å². The monoisotopic (exact) mass is 671 g/mol. The summed E-state index contributed by atoms with van der Waals surface area (Å²) in [7, 11) is 1.80. The van der Waals surface area contributed by atoms with Gasteiger partial charge in [0.05, 0.1) is 41.9 Å². The number of hydrogen-bond acceptors (Lipinski definition) is 11. The zero-order chi connectivity index (χ0) is 35.4. The Bertz CT molecular complexity index is 1470. The molecule has 2 aliphatic rings. The second kappa shape index (κ2) is 15.1. The Morgan fingerprint density at radius 2 is 1.75 bits per heavy atom. The van der Waals surface area contributed by atoms with Gasteiger partial charge in [0.2, 0.25) is 0 Å². The highest BCUT2D eigenvalue weighted by Crippen LogP contribution is 2.40. The third-order valence-corrected chi connectivity index (χ3v) is 8.55. The highest BCUT2D eigenvalue weighted by molar-refractivity contribution is 5.89. The number of fused-ring (bicyclic) bond motifs is 1. The van der Waals surface area contributed by atoms with E-state index in [1.165, 1.54) is 6.33 Å². The molecule has 0 aromatic carbocycles. The number of aromatic amines is 1. The highest BCUT2D eigenvalue weighted by Gasteiger charge is 2.43. The molecule has 4 rings (SSSR count). The Hall–Kier alpha value is -3.91. The molecule has 2 amide bonds. The first-order valence-corrected chi connectivity index (χ1v) is 16.8. The molecule has 0 spiro atoms. The smallest absolute Gasteiger partial charge is 0.411 e. The fourth-order valence-corrected chi connectivity index (χ4v) is 6.35. The minimum Gasteiger partial charge on any atom is -0.460 e. The van der Waals surface area contributed by atoms with E-state index in [9.17, 15) is 14.4 Å². The topological polar surface area (TPSA) is 183 Å². The number of nitrogen functional groups attached to an aromatic ring is 1. The first-order chi connectivity index (χ1) is 22.5. The zero-order valence-corrected chi connectivity index (χ0v) is 29.7. The number of carbonyl (C=O) groups is 3. The zero-order valence-electron chi connectivity index (χ0n) is 29.7. The van der Waals surface area contributed by atoms with E-state index in [0.717, 1.165) is 18.4 Å². The van der Waals surface area contributed by atoms with Gasteiger partial charge in [-0.1, -0.05) is 13.8 Å². The normalized spacial score (nSPS) is 23.2. The molecule has 5 N–H and O–H groups in total. The average Bonchev–Trinajstić information content (AvgIpc) is 3.61. The third kappa shape index (κ3) is 8.95. The van der Waals surface area contributed by atoms with Crippen LogP contribution in [0, 0.1) is 0 Å². The molecule has 14 heteroatoms. The molecular formula is C34H53N7O7. The van der Waals surface area contributed by atoms with Crippen LogP contribution in [0.25, 0.3) is 11.0 Å². The molecule has 2 aromatic heterocycles. The molecule has 1 aliphatic heterocycles. The van der Waals surface area contributed by atoms with Crippen LogP contribution in [0.15, 0.2) is 24.2 Å². The molecule has 0 bridgehead atoms. The van der Waals surface area contributed by atoms with Gasteiger partial charge in [-0.05, 0) is 80.3 Å². The highest BCUT2D eigenvalue weighted by atomic mass is 16.6. The van der Waals surface area contributed by atoms with E-state index < -0.39 is 53.6 Å². The second-order valence-corrected chi connectivity index (χ2v) is 14.5. The fourth-order valence-electron chi connectivity index (χ4n) is 6.35. The molecule has 3 unspecified atom stereocenters. The summed E-state index contributed by atoms with van der Waals surface area (Å²) in [6.07, 6.45) is 6.25. The number of aromatic nitrogens is 3. The lowest BCUT2D eigenvalue weighted by atomic mass is 9.87. The predicted octanol–water partition coefficient (Wildman–Crippen LogP) is 4.91. The first-order valence-electron chi connectivity index (χ1n) is 16.8. The van der Waals surface area contributed by atoms with Crippen LogP contribution >= 0.6 is 0 Å². The molecule has 0 radical (unpaired) electrons. The predicted molar refractivity (Wildman–Crippen MR) is 181 cm³/mol. The number of carbonyl (C=O) groups excluding carboxylic acids is 3. The molecule has 1 saturated heterocycles. The van der Waals surface area contributed by atoms with Gasteiger partial charge in [0.25, 0.3) is 0 Å². The first kappa shape index (κ1) is 36.9. The van der Waals surface area contributed by atoms with Crippen LogP contribution in [0.3, 0.4) is 0 Å². The minimum absolute atomic E-state index is 0.0393. The number of nitrogens with two attached hydrogens (primary N) is 1. The standard InChI is InChI=1S/C34H53N7O7/c1-10-21(11-2)46-25-15-19(14-23(27(25)36-9)40-31(43)47-33(3,4)5)30(42)45-17-20-12-13-24(41(20)32(44)48-34(6,7)8)22-16-37-28-26(22)38-18-39-29(28)35/h15-16,18,20-21,23-25,27,36-37H,10-14,17H2,1-9H3,(H,40,43)(H2,35,38,39)/t20?,23-,24?,25+,27?/m0/s1. The molecule has 1 fully saturated rings. The van der Waals surface area contributed by atoms with Crippen LogP contribution in [0.1, 0.15) is 99.1 Å². The molecule has 1 aliphatic carbocycles. The molecule has 48 heavy (non-hydrogen) atoms. The summed E-state index contributed by atoms with van der Waals surface area (Å²) in [5.74, 6) is -0.232. The van der Waals surface area contributed by atoms with E-state index in [0.29, 0.717) is 35.3 Å². The van der Waals surface area contributed by atoms with Crippen molar-refractivity contribution >= 4 is 35.0 Å². The lowest BCUT2D eigenvalue weighted by Crippen LogP contribution is -2.58. The van der Waals surface area contributed by atoms with E-state index in [1.54, 1.807) is 65.8 Å². The number of H-pyrrole nitrogens is 1. The largest absolute Gasteiger partial charge is 0.460 e. The van der Waals surface area contributed by atoms with Gasteiger partial charge in [-0.25, -0.2) is 24.4 Å². The second-order valence-electron chi connectivity index (χ2n) is 14.5. The van der Waals surface area contributed by atoms with Crippen molar-refractivity contribution in [2.24, 2.45) is 0 Å². The number of amides is 2. The number of alkyl carbamates (subject to hydrolysis) is 1. The Morgan fingerprint density at radius 3 is 2.38 bits per heavy atom. The number of anilines is 1. The number of likely N-dealkylation sites (tertiary alicyclic amines) is 1. The van der Waals surface area contributed by atoms with Crippen molar-refractivity contribution in [3.63, 3.8) is 0 Å². The number of nitrogens with one attached hydrogen (secondary N) is 3. The van der Waals surface area contributed by atoms with Crippen molar-refractivity contribution < 1.29 is 33.3 Å². The van der Waals surface area contributed by atoms with Crippen LogP contribution < -0.4 is 16.4 Å². The number of rotatable bonds is 10. The Kier molecular flexibility index (Phi) is 11.6.